The zero-order chi connectivity index (χ0) is 14.0. The van der Waals surface area contributed by atoms with E-state index in [0.717, 1.165) is 31.4 Å². The molecule has 0 unspecified atom stereocenters. The molecule has 2 rings (SSSR count). The van der Waals surface area contributed by atoms with Crippen LogP contribution < -0.4 is 5.46 Å². The first-order valence-electron chi connectivity index (χ1n) is 6.46. The van der Waals surface area contributed by atoms with Gasteiger partial charge in [-0.15, -0.1) is 0 Å². The maximum absolute atomic E-state index is 13.4. The zero-order valence-corrected chi connectivity index (χ0v) is 10.8. The lowest BCUT2D eigenvalue weighted by Gasteiger charge is -2.33. The fourth-order valence-electron chi connectivity index (χ4n) is 2.45. The Hall–Kier alpha value is -1.40. The minimum absolute atomic E-state index is 0.00647. The van der Waals surface area contributed by atoms with Gasteiger partial charge in [-0.05, 0) is 49.8 Å². The highest BCUT2D eigenvalue weighted by Gasteiger charge is 2.25. The largest absolute Gasteiger partial charge is 0.488 e. The molecule has 0 aromatic heterocycles. The van der Waals surface area contributed by atoms with Crippen LogP contribution in [0.25, 0.3) is 0 Å². The van der Waals surface area contributed by atoms with E-state index in [1.54, 1.807) is 4.90 Å². The van der Waals surface area contributed by atoms with E-state index in [-0.39, 0.29) is 23.0 Å². The van der Waals surface area contributed by atoms with Crippen molar-refractivity contribution < 1.29 is 19.2 Å². The molecule has 1 heterocycles. The SMILES string of the molecule is C[C@@H]1CCCCN1C(=O)c1cc(F)cc(B(O)O)c1. The molecule has 4 nitrogen and oxygen atoms in total. The first-order chi connectivity index (χ1) is 8.99. The van der Waals surface area contributed by atoms with E-state index in [9.17, 15) is 9.18 Å². The summed E-state index contributed by atoms with van der Waals surface area (Å²) in [6.07, 6.45) is 2.98. The van der Waals surface area contributed by atoms with E-state index in [2.05, 4.69) is 0 Å². The van der Waals surface area contributed by atoms with Crippen LogP contribution in [0.4, 0.5) is 4.39 Å². The van der Waals surface area contributed by atoms with Gasteiger partial charge < -0.3 is 14.9 Å². The maximum Gasteiger partial charge on any atom is 0.488 e. The first-order valence-corrected chi connectivity index (χ1v) is 6.46. The first kappa shape index (κ1) is 14.0. The highest BCUT2D eigenvalue weighted by Crippen LogP contribution is 2.19. The fourth-order valence-corrected chi connectivity index (χ4v) is 2.45. The lowest BCUT2D eigenvalue weighted by atomic mass is 9.79. The summed E-state index contributed by atoms with van der Waals surface area (Å²) >= 11 is 0. The topological polar surface area (TPSA) is 60.8 Å². The minimum atomic E-state index is -1.78. The van der Waals surface area contributed by atoms with Crippen molar-refractivity contribution in [1.82, 2.24) is 4.90 Å². The third kappa shape index (κ3) is 3.14. The van der Waals surface area contributed by atoms with E-state index in [1.165, 1.54) is 6.07 Å². The smallest absolute Gasteiger partial charge is 0.423 e. The average Bonchev–Trinajstić information content (AvgIpc) is 2.37. The highest BCUT2D eigenvalue weighted by molar-refractivity contribution is 6.58. The molecule has 0 spiro atoms. The molecule has 0 radical (unpaired) electrons. The Balaban J connectivity index is 2.27. The van der Waals surface area contributed by atoms with Crippen molar-refractivity contribution in [3.63, 3.8) is 0 Å². The lowest BCUT2D eigenvalue weighted by Crippen LogP contribution is -2.42. The Morgan fingerprint density at radius 2 is 2.11 bits per heavy atom. The molecule has 0 bridgehead atoms. The lowest BCUT2D eigenvalue weighted by molar-refractivity contribution is 0.0635. The molecule has 0 aliphatic carbocycles. The summed E-state index contributed by atoms with van der Waals surface area (Å²) in [6.45, 7) is 2.63. The molecule has 1 aromatic rings. The number of carbonyl (C=O) groups excluding carboxylic acids is 1. The van der Waals surface area contributed by atoms with Crippen LogP contribution in [0.2, 0.25) is 0 Å². The molecule has 6 heteroatoms. The van der Waals surface area contributed by atoms with Crippen LogP contribution in [0.15, 0.2) is 18.2 Å². The highest BCUT2D eigenvalue weighted by atomic mass is 19.1. The number of halogens is 1. The van der Waals surface area contributed by atoms with Gasteiger partial charge in [0, 0.05) is 18.2 Å². The van der Waals surface area contributed by atoms with Crippen molar-refractivity contribution in [1.29, 1.82) is 0 Å². The Bertz CT molecular complexity index is 481. The van der Waals surface area contributed by atoms with Crippen molar-refractivity contribution in [3.05, 3.63) is 29.6 Å². The average molecular weight is 265 g/mol. The van der Waals surface area contributed by atoms with Crippen LogP contribution in [0.5, 0.6) is 0 Å². The van der Waals surface area contributed by atoms with Crippen LogP contribution in [0.3, 0.4) is 0 Å². The summed E-state index contributed by atoms with van der Waals surface area (Å²) in [5.41, 5.74) is 0.157. The molecular formula is C13H17BFNO3. The zero-order valence-electron chi connectivity index (χ0n) is 10.8. The van der Waals surface area contributed by atoms with Crippen LogP contribution in [-0.2, 0) is 0 Å². The summed E-state index contributed by atoms with van der Waals surface area (Å²) in [7, 11) is -1.78. The summed E-state index contributed by atoms with van der Waals surface area (Å²) in [6, 6.07) is 3.61. The van der Waals surface area contributed by atoms with Gasteiger partial charge in [0.05, 0.1) is 0 Å². The van der Waals surface area contributed by atoms with Gasteiger partial charge in [-0.25, -0.2) is 4.39 Å². The molecule has 1 aliphatic heterocycles. The van der Waals surface area contributed by atoms with Gasteiger partial charge in [-0.1, -0.05) is 0 Å². The van der Waals surface area contributed by atoms with Gasteiger partial charge in [0.1, 0.15) is 5.82 Å². The van der Waals surface area contributed by atoms with Crippen molar-refractivity contribution in [2.45, 2.75) is 32.2 Å². The Morgan fingerprint density at radius 1 is 1.37 bits per heavy atom. The van der Waals surface area contributed by atoms with E-state index >= 15 is 0 Å². The van der Waals surface area contributed by atoms with Crippen molar-refractivity contribution in [3.8, 4) is 0 Å². The Labute approximate surface area is 112 Å². The minimum Gasteiger partial charge on any atom is -0.423 e. The van der Waals surface area contributed by atoms with Crippen LogP contribution in [-0.4, -0.2) is 40.6 Å². The number of piperidine rings is 1. The molecule has 1 amide bonds. The molecule has 1 atom stereocenters. The standard InChI is InChI=1S/C13H17BFNO3/c1-9-4-2-3-5-16(9)13(17)10-6-11(14(18)19)8-12(15)7-10/h6-9,18-19H,2-5H2,1H3/t9-/m1/s1. The molecule has 1 aromatic carbocycles. The molecule has 0 saturated carbocycles. The van der Waals surface area contributed by atoms with E-state index in [0.29, 0.717) is 6.54 Å². The van der Waals surface area contributed by atoms with Crippen molar-refractivity contribution in [2.24, 2.45) is 0 Å². The second kappa shape index (κ2) is 5.71. The summed E-state index contributed by atoms with van der Waals surface area (Å²) in [5, 5.41) is 18.2. The normalized spacial score (nSPS) is 19.4. The van der Waals surface area contributed by atoms with Gasteiger partial charge in [0.2, 0.25) is 0 Å². The number of rotatable bonds is 2. The molecule has 1 aliphatic rings. The molecule has 102 valence electrons. The van der Waals surface area contributed by atoms with Crippen LogP contribution in [0.1, 0.15) is 36.5 Å². The molecule has 2 N–H and O–H groups in total. The molecular weight excluding hydrogens is 248 g/mol. The van der Waals surface area contributed by atoms with Gasteiger partial charge in [-0.3, -0.25) is 4.79 Å². The number of hydrogen-bond acceptors (Lipinski definition) is 3. The summed E-state index contributed by atoms with van der Waals surface area (Å²) < 4.78 is 13.4. The second-order valence-corrected chi connectivity index (χ2v) is 4.99. The number of hydrogen-bond donors (Lipinski definition) is 2. The predicted octanol–water partition coefficient (Wildman–Crippen LogP) is 0.520. The van der Waals surface area contributed by atoms with Gasteiger partial charge in [-0.2, -0.15) is 0 Å². The number of benzene rings is 1. The van der Waals surface area contributed by atoms with Gasteiger partial charge >= 0.3 is 7.12 Å². The number of likely N-dealkylation sites (tertiary alicyclic amines) is 1. The molecule has 1 fully saturated rings. The third-order valence-corrected chi connectivity index (χ3v) is 3.53. The summed E-state index contributed by atoms with van der Waals surface area (Å²) in [4.78, 5) is 14.0. The Kier molecular flexibility index (Phi) is 4.22. The van der Waals surface area contributed by atoms with Gasteiger partial charge in [0.25, 0.3) is 5.91 Å². The van der Waals surface area contributed by atoms with Crippen molar-refractivity contribution in [2.75, 3.05) is 6.54 Å². The molecule has 1 saturated heterocycles. The fraction of sp³-hybridized carbons (Fsp3) is 0.462. The number of carbonyl (C=O) groups is 1. The summed E-state index contributed by atoms with van der Waals surface area (Å²) in [5.74, 6) is -0.896. The second-order valence-electron chi connectivity index (χ2n) is 4.99. The maximum atomic E-state index is 13.4. The molecule has 19 heavy (non-hydrogen) atoms. The Morgan fingerprint density at radius 3 is 2.74 bits per heavy atom. The van der Waals surface area contributed by atoms with Crippen LogP contribution in [0, 0.1) is 5.82 Å². The number of amides is 1. The van der Waals surface area contributed by atoms with Crippen LogP contribution >= 0.6 is 0 Å². The monoisotopic (exact) mass is 265 g/mol. The number of nitrogens with zero attached hydrogens (tertiary/aromatic N) is 1. The van der Waals surface area contributed by atoms with Gasteiger partial charge in [0.15, 0.2) is 0 Å². The van der Waals surface area contributed by atoms with Crippen molar-refractivity contribution >= 4 is 18.5 Å². The quantitative estimate of drug-likeness (QED) is 0.766. The van der Waals surface area contributed by atoms with E-state index < -0.39 is 12.9 Å². The van der Waals surface area contributed by atoms with E-state index in [4.69, 9.17) is 10.0 Å². The van der Waals surface area contributed by atoms with E-state index in [1.807, 2.05) is 6.92 Å². The third-order valence-electron chi connectivity index (χ3n) is 3.53. The predicted molar refractivity (Wildman–Crippen MR) is 70.6 cm³/mol.